The minimum atomic E-state index is -0.454. The molecular weight excluding hydrogens is 238 g/mol. The van der Waals surface area contributed by atoms with Crippen LogP contribution < -0.4 is 5.73 Å². The molecule has 1 aliphatic heterocycles. The molecule has 2 atom stereocenters. The summed E-state index contributed by atoms with van der Waals surface area (Å²) in [7, 11) is 0. The van der Waals surface area contributed by atoms with Crippen molar-refractivity contribution in [2.24, 2.45) is 11.1 Å². The van der Waals surface area contributed by atoms with Crippen LogP contribution in [0.2, 0.25) is 0 Å². The van der Waals surface area contributed by atoms with Crippen LogP contribution in [0.1, 0.15) is 45.2 Å². The zero-order valence-corrected chi connectivity index (χ0v) is 12.0. The third kappa shape index (κ3) is 2.95. The zero-order chi connectivity index (χ0) is 14.0. The molecule has 1 saturated heterocycles. The van der Waals surface area contributed by atoms with Crippen LogP contribution in [-0.2, 0) is 4.79 Å². The summed E-state index contributed by atoms with van der Waals surface area (Å²) >= 11 is 0. The molecule has 1 amide bonds. The van der Waals surface area contributed by atoms with Crippen LogP contribution in [0.15, 0.2) is 24.5 Å². The van der Waals surface area contributed by atoms with E-state index in [1.807, 2.05) is 44.0 Å². The highest BCUT2D eigenvalue weighted by Crippen LogP contribution is 2.33. The topological polar surface area (TPSA) is 59.2 Å². The molecule has 4 heteroatoms. The maximum atomic E-state index is 12.6. The van der Waals surface area contributed by atoms with E-state index in [9.17, 15) is 4.79 Å². The molecular formula is C15H23N3O. The molecule has 104 valence electrons. The van der Waals surface area contributed by atoms with Gasteiger partial charge >= 0.3 is 0 Å². The van der Waals surface area contributed by atoms with E-state index in [1.165, 1.54) is 0 Å². The van der Waals surface area contributed by atoms with Crippen molar-refractivity contribution in [3.8, 4) is 0 Å². The van der Waals surface area contributed by atoms with Crippen molar-refractivity contribution in [2.75, 3.05) is 6.54 Å². The Kier molecular flexibility index (Phi) is 3.90. The van der Waals surface area contributed by atoms with Gasteiger partial charge in [0.2, 0.25) is 5.91 Å². The van der Waals surface area contributed by atoms with Crippen molar-refractivity contribution in [2.45, 2.75) is 45.7 Å². The average Bonchev–Trinajstić information content (AvgIpc) is 2.86. The lowest BCUT2D eigenvalue weighted by Crippen LogP contribution is -2.50. The van der Waals surface area contributed by atoms with Crippen LogP contribution in [0.3, 0.4) is 0 Å². The van der Waals surface area contributed by atoms with E-state index >= 15 is 0 Å². The first kappa shape index (κ1) is 14.0. The van der Waals surface area contributed by atoms with Gasteiger partial charge in [0, 0.05) is 18.9 Å². The summed E-state index contributed by atoms with van der Waals surface area (Å²) in [6, 6.07) is 3.63. The highest BCUT2D eigenvalue weighted by atomic mass is 16.2. The third-order valence-corrected chi connectivity index (χ3v) is 3.80. The smallest absolute Gasteiger partial charge is 0.240 e. The van der Waals surface area contributed by atoms with Crippen molar-refractivity contribution >= 4 is 5.91 Å². The number of hydrogen-bond acceptors (Lipinski definition) is 3. The van der Waals surface area contributed by atoms with Gasteiger partial charge in [-0.25, -0.2) is 0 Å². The Morgan fingerprint density at radius 1 is 1.53 bits per heavy atom. The minimum absolute atomic E-state index is 0.0545. The van der Waals surface area contributed by atoms with Crippen molar-refractivity contribution in [1.82, 2.24) is 9.88 Å². The molecule has 0 spiro atoms. The predicted molar refractivity (Wildman–Crippen MR) is 75.4 cm³/mol. The van der Waals surface area contributed by atoms with E-state index in [4.69, 9.17) is 5.73 Å². The first-order valence-corrected chi connectivity index (χ1v) is 6.87. The molecule has 0 aromatic carbocycles. The van der Waals surface area contributed by atoms with E-state index in [1.54, 1.807) is 6.20 Å². The molecule has 2 heterocycles. The Balaban J connectivity index is 2.18. The molecule has 1 aromatic rings. The van der Waals surface area contributed by atoms with Gasteiger partial charge in [0.1, 0.15) is 0 Å². The van der Waals surface area contributed by atoms with Crippen molar-refractivity contribution < 1.29 is 4.79 Å². The summed E-state index contributed by atoms with van der Waals surface area (Å²) in [6.07, 6.45) is 5.63. The summed E-state index contributed by atoms with van der Waals surface area (Å²) in [6.45, 7) is 6.81. The molecule has 0 saturated carbocycles. The van der Waals surface area contributed by atoms with Gasteiger partial charge in [-0.2, -0.15) is 0 Å². The molecule has 19 heavy (non-hydrogen) atoms. The van der Waals surface area contributed by atoms with Gasteiger partial charge in [-0.1, -0.05) is 26.8 Å². The second-order valence-electron chi connectivity index (χ2n) is 6.32. The van der Waals surface area contributed by atoms with E-state index in [0.717, 1.165) is 24.9 Å². The number of nitrogens with two attached hydrogens (primary N) is 1. The maximum absolute atomic E-state index is 12.6. The van der Waals surface area contributed by atoms with E-state index in [0.29, 0.717) is 0 Å². The normalized spacial score (nSPS) is 21.5. The lowest BCUT2D eigenvalue weighted by molar-refractivity contribution is -0.135. The standard InChI is InChI=1S/C15H23N3O/c1-15(2,3)13(16)14(19)18-9-5-7-12(18)11-6-4-8-17-10-11/h4,6,8,10,12-13H,5,7,9,16H2,1-3H3. The fourth-order valence-electron chi connectivity index (χ4n) is 2.50. The molecule has 0 bridgehead atoms. The predicted octanol–water partition coefficient (Wildman–Crippen LogP) is 2.12. The van der Waals surface area contributed by atoms with Gasteiger partial charge in [-0.15, -0.1) is 0 Å². The number of pyridine rings is 1. The first-order chi connectivity index (χ1) is 8.91. The molecule has 2 N–H and O–H groups in total. The first-order valence-electron chi connectivity index (χ1n) is 6.87. The zero-order valence-electron chi connectivity index (χ0n) is 12.0. The van der Waals surface area contributed by atoms with Crippen LogP contribution in [0, 0.1) is 5.41 Å². The van der Waals surface area contributed by atoms with Crippen molar-refractivity contribution in [3.63, 3.8) is 0 Å². The SMILES string of the molecule is CC(C)(C)C(N)C(=O)N1CCCC1c1cccnc1. The number of likely N-dealkylation sites (tertiary alicyclic amines) is 1. The highest BCUT2D eigenvalue weighted by molar-refractivity contribution is 5.83. The van der Waals surface area contributed by atoms with E-state index in [-0.39, 0.29) is 17.4 Å². The second kappa shape index (κ2) is 5.29. The Morgan fingerprint density at radius 3 is 2.84 bits per heavy atom. The molecule has 0 radical (unpaired) electrons. The molecule has 0 aliphatic carbocycles. The second-order valence-corrected chi connectivity index (χ2v) is 6.32. The Labute approximate surface area is 115 Å². The third-order valence-electron chi connectivity index (χ3n) is 3.80. The molecule has 1 aliphatic rings. The quantitative estimate of drug-likeness (QED) is 0.887. The molecule has 4 nitrogen and oxygen atoms in total. The van der Waals surface area contributed by atoms with E-state index in [2.05, 4.69) is 4.98 Å². The number of carbonyl (C=O) groups is 1. The van der Waals surface area contributed by atoms with Gasteiger partial charge in [0.15, 0.2) is 0 Å². The van der Waals surface area contributed by atoms with Gasteiger partial charge in [-0.05, 0) is 29.9 Å². The number of amides is 1. The van der Waals surface area contributed by atoms with Crippen molar-refractivity contribution in [3.05, 3.63) is 30.1 Å². The van der Waals surface area contributed by atoms with Crippen molar-refractivity contribution in [1.29, 1.82) is 0 Å². The van der Waals surface area contributed by atoms with Crippen LogP contribution in [0.5, 0.6) is 0 Å². The van der Waals surface area contributed by atoms with Crippen LogP contribution in [0.25, 0.3) is 0 Å². The lowest BCUT2D eigenvalue weighted by Gasteiger charge is -2.33. The number of rotatable bonds is 2. The monoisotopic (exact) mass is 261 g/mol. The Morgan fingerprint density at radius 2 is 2.26 bits per heavy atom. The fourth-order valence-corrected chi connectivity index (χ4v) is 2.50. The summed E-state index contributed by atoms with van der Waals surface area (Å²) in [5, 5.41) is 0. The Bertz CT molecular complexity index is 438. The molecule has 2 rings (SSSR count). The molecule has 2 unspecified atom stereocenters. The average molecular weight is 261 g/mol. The van der Waals surface area contributed by atoms with Crippen LogP contribution >= 0.6 is 0 Å². The maximum Gasteiger partial charge on any atom is 0.240 e. The van der Waals surface area contributed by atoms with Gasteiger partial charge in [0.05, 0.1) is 12.1 Å². The van der Waals surface area contributed by atoms with Crippen LogP contribution in [-0.4, -0.2) is 28.4 Å². The van der Waals surface area contributed by atoms with Crippen LogP contribution in [0.4, 0.5) is 0 Å². The summed E-state index contributed by atoms with van der Waals surface area (Å²) < 4.78 is 0. The van der Waals surface area contributed by atoms with E-state index < -0.39 is 6.04 Å². The fraction of sp³-hybridized carbons (Fsp3) is 0.600. The van der Waals surface area contributed by atoms with Gasteiger partial charge in [0.25, 0.3) is 0 Å². The lowest BCUT2D eigenvalue weighted by atomic mass is 9.86. The molecule has 1 fully saturated rings. The number of carbonyl (C=O) groups excluding carboxylic acids is 1. The number of hydrogen-bond donors (Lipinski definition) is 1. The number of nitrogens with zero attached hydrogens (tertiary/aromatic N) is 2. The van der Waals surface area contributed by atoms with Gasteiger partial charge in [-0.3, -0.25) is 9.78 Å². The summed E-state index contributed by atoms with van der Waals surface area (Å²) in [4.78, 5) is 18.6. The number of aromatic nitrogens is 1. The molecule has 1 aromatic heterocycles. The van der Waals surface area contributed by atoms with Gasteiger partial charge < -0.3 is 10.6 Å². The minimum Gasteiger partial charge on any atom is -0.334 e. The highest BCUT2D eigenvalue weighted by Gasteiger charge is 2.36. The largest absolute Gasteiger partial charge is 0.334 e. The Hall–Kier alpha value is -1.42. The summed E-state index contributed by atoms with van der Waals surface area (Å²) in [5.74, 6) is 0.0545. The summed E-state index contributed by atoms with van der Waals surface area (Å²) in [5.41, 5.74) is 7.00.